The topological polar surface area (TPSA) is 26.3 Å². The van der Waals surface area contributed by atoms with E-state index in [1.54, 1.807) is 11.3 Å². The van der Waals surface area contributed by atoms with Crippen LogP contribution >= 0.6 is 11.3 Å². The molecule has 112 valence electrons. The van der Waals surface area contributed by atoms with Gasteiger partial charge in [0.25, 0.3) is 0 Å². The molecule has 1 aromatic heterocycles. The molecule has 0 amide bonds. The smallest absolute Gasteiger partial charge is 0.196 e. The van der Waals surface area contributed by atoms with E-state index < -0.39 is 0 Å². The highest BCUT2D eigenvalue weighted by molar-refractivity contribution is 7.24. The molecule has 3 aromatic carbocycles. The lowest BCUT2D eigenvalue weighted by molar-refractivity contribution is 0.306. The number of ether oxygens (including phenoxy) is 1. The predicted molar refractivity (Wildman–Crippen MR) is 96.4 cm³/mol. The van der Waals surface area contributed by atoms with E-state index in [1.807, 2.05) is 72.8 Å². The highest BCUT2D eigenvalue weighted by atomic mass is 32.1. The van der Waals surface area contributed by atoms with E-state index in [2.05, 4.69) is 0 Å². The molecule has 0 aliphatic rings. The third-order valence-electron chi connectivity index (χ3n) is 3.80. The molecule has 3 heteroatoms. The zero-order valence-electron chi connectivity index (χ0n) is 12.4. The second-order valence-corrected chi connectivity index (χ2v) is 6.44. The average molecular weight is 318 g/mol. The van der Waals surface area contributed by atoms with Gasteiger partial charge in [-0.25, -0.2) is 0 Å². The van der Waals surface area contributed by atoms with Gasteiger partial charge in [-0.15, -0.1) is 11.3 Å². The molecule has 0 aliphatic heterocycles. The van der Waals surface area contributed by atoms with Crippen LogP contribution in [0.2, 0.25) is 0 Å². The lowest BCUT2D eigenvalue weighted by atomic mass is 10.2. The molecule has 0 spiro atoms. The van der Waals surface area contributed by atoms with Crippen LogP contribution in [-0.2, 0) is 6.61 Å². The maximum absolute atomic E-state index is 12.7. The molecular weight excluding hydrogens is 304 g/mol. The molecular formula is C20H14O2S. The minimum Gasteiger partial charge on any atom is -0.489 e. The Labute approximate surface area is 137 Å². The molecule has 0 fully saturated rings. The number of fused-ring (bicyclic) bond motifs is 2. The van der Waals surface area contributed by atoms with Gasteiger partial charge in [0.05, 0.1) is 0 Å². The first-order valence-electron chi connectivity index (χ1n) is 7.43. The summed E-state index contributed by atoms with van der Waals surface area (Å²) in [7, 11) is 0. The minimum absolute atomic E-state index is 0.0690. The lowest BCUT2D eigenvalue weighted by Gasteiger charge is -2.07. The molecule has 23 heavy (non-hydrogen) atoms. The summed E-state index contributed by atoms with van der Waals surface area (Å²) in [5.41, 5.74) is 1.18. The molecule has 0 bridgehead atoms. The molecule has 4 aromatic rings. The molecule has 0 saturated heterocycles. The monoisotopic (exact) mass is 318 g/mol. The predicted octanol–water partition coefficient (Wildman–Crippen LogP) is 4.99. The van der Waals surface area contributed by atoms with Crippen LogP contribution < -0.4 is 10.2 Å². The van der Waals surface area contributed by atoms with Crippen molar-refractivity contribution < 1.29 is 4.74 Å². The third kappa shape index (κ3) is 2.71. The van der Waals surface area contributed by atoms with Crippen LogP contribution in [0.1, 0.15) is 5.56 Å². The van der Waals surface area contributed by atoms with Crippen molar-refractivity contribution in [3.8, 4) is 5.75 Å². The van der Waals surface area contributed by atoms with Crippen LogP contribution in [0.5, 0.6) is 5.75 Å². The molecule has 2 nitrogen and oxygen atoms in total. The zero-order valence-corrected chi connectivity index (χ0v) is 13.2. The molecule has 4 rings (SSSR count). The Kier molecular flexibility index (Phi) is 3.56. The van der Waals surface area contributed by atoms with Gasteiger partial charge in [-0.05, 0) is 35.9 Å². The summed E-state index contributed by atoms with van der Waals surface area (Å²) in [6.45, 7) is 0.498. The van der Waals surface area contributed by atoms with Crippen molar-refractivity contribution in [1.29, 1.82) is 0 Å². The molecule has 0 atom stereocenters. The Bertz CT molecular complexity index is 1040. The van der Waals surface area contributed by atoms with Crippen LogP contribution in [0, 0.1) is 0 Å². The fraction of sp³-hybridized carbons (Fsp3) is 0.0500. The third-order valence-corrected chi connectivity index (χ3v) is 4.95. The number of rotatable bonds is 3. The van der Waals surface area contributed by atoms with Gasteiger partial charge >= 0.3 is 0 Å². The van der Waals surface area contributed by atoms with Crippen LogP contribution in [0.3, 0.4) is 0 Å². The van der Waals surface area contributed by atoms with E-state index in [0.29, 0.717) is 6.61 Å². The fourth-order valence-electron chi connectivity index (χ4n) is 2.61. The van der Waals surface area contributed by atoms with Gasteiger partial charge in [0, 0.05) is 20.2 Å². The largest absolute Gasteiger partial charge is 0.489 e. The molecule has 0 saturated carbocycles. The van der Waals surface area contributed by atoms with Crippen molar-refractivity contribution in [1.82, 2.24) is 0 Å². The van der Waals surface area contributed by atoms with Gasteiger partial charge in [0.1, 0.15) is 12.4 Å². The van der Waals surface area contributed by atoms with Crippen molar-refractivity contribution in [3.63, 3.8) is 0 Å². The summed E-state index contributed by atoms with van der Waals surface area (Å²) in [6.07, 6.45) is 0. The molecule has 0 radical (unpaired) electrons. The summed E-state index contributed by atoms with van der Waals surface area (Å²) in [5, 5.41) is 1.49. The van der Waals surface area contributed by atoms with Crippen molar-refractivity contribution >= 4 is 31.5 Å². The second kappa shape index (κ2) is 5.86. The standard InChI is InChI=1S/C20H14O2S/c21-20-16-8-4-5-9-18(16)23-19-11-10-15(12-17(19)20)22-13-14-6-2-1-3-7-14/h1-12H,13H2. The van der Waals surface area contributed by atoms with Crippen molar-refractivity contribution in [3.05, 3.63) is 88.6 Å². The fourth-order valence-corrected chi connectivity index (χ4v) is 3.66. The molecule has 0 unspecified atom stereocenters. The number of hydrogen-bond donors (Lipinski definition) is 0. The van der Waals surface area contributed by atoms with Crippen LogP contribution in [0.25, 0.3) is 20.2 Å². The van der Waals surface area contributed by atoms with E-state index in [-0.39, 0.29) is 5.43 Å². The Balaban J connectivity index is 1.74. The van der Waals surface area contributed by atoms with E-state index in [1.165, 1.54) is 0 Å². The van der Waals surface area contributed by atoms with Crippen LogP contribution in [-0.4, -0.2) is 0 Å². The quantitative estimate of drug-likeness (QED) is 0.497. The number of benzene rings is 3. The summed E-state index contributed by atoms with van der Waals surface area (Å²) < 4.78 is 7.84. The normalized spacial score (nSPS) is 11.0. The van der Waals surface area contributed by atoms with Gasteiger partial charge in [-0.2, -0.15) is 0 Å². The average Bonchev–Trinajstić information content (AvgIpc) is 2.61. The van der Waals surface area contributed by atoms with E-state index in [4.69, 9.17) is 4.74 Å². The Hall–Kier alpha value is -2.65. The van der Waals surface area contributed by atoms with E-state index >= 15 is 0 Å². The zero-order chi connectivity index (χ0) is 15.6. The SMILES string of the molecule is O=c1c2ccccc2sc2ccc(OCc3ccccc3)cc12. The summed E-state index contributed by atoms with van der Waals surface area (Å²) in [6, 6.07) is 23.5. The summed E-state index contributed by atoms with van der Waals surface area (Å²) in [5.74, 6) is 0.723. The van der Waals surface area contributed by atoms with Crippen molar-refractivity contribution in [2.24, 2.45) is 0 Å². The number of hydrogen-bond acceptors (Lipinski definition) is 3. The molecule has 1 heterocycles. The van der Waals surface area contributed by atoms with Gasteiger partial charge in [0.15, 0.2) is 5.43 Å². The van der Waals surface area contributed by atoms with E-state index in [0.717, 1.165) is 31.5 Å². The highest BCUT2D eigenvalue weighted by Crippen LogP contribution is 2.27. The van der Waals surface area contributed by atoms with Gasteiger partial charge in [-0.3, -0.25) is 4.79 Å². The van der Waals surface area contributed by atoms with Crippen molar-refractivity contribution in [2.45, 2.75) is 6.61 Å². The van der Waals surface area contributed by atoms with Gasteiger partial charge < -0.3 is 4.74 Å². The maximum Gasteiger partial charge on any atom is 0.196 e. The Morgan fingerprint density at radius 1 is 0.783 bits per heavy atom. The Morgan fingerprint density at radius 3 is 2.39 bits per heavy atom. The minimum atomic E-state index is 0.0690. The van der Waals surface area contributed by atoms with Crippen LogP contribution in [0.15, 0.2) is 77.6 Å². The maximum atomic E-state index is 12.7. The highest BCUT2D eigenvalue weighted by Gasteiger charge is 2.07. The molecule has 0 N–H and O–H groups in total. The molecule has 0 aliphatic carbocycles. The first-order chi connectivity index (χ1) is 11.3. The van der Waals surface area contributed by atoms with E-state index in [9.17, 15) is 4.79 Å². The van der Waals surface area contributed by atoms with Gasteiger partial charge in [-0.1, -0.05) is 42.5 Å². The summed E-state index contributed by atoms with van der Waals surface area (Å²) >= 11 is 1.63. The van der Waals surface area contributed by atoms with Crippen LogP contribution in [0.4, 0.5) is 0 Å². The first-order valence-corrected chi connectivity index (χ1v) is 8.25. The Morgan fingerprint density at radius 2 is 1.52 bits per heavy atom. The van der Waals surface area contributed by atoms with Gasteiger partial charge in [0.2, 0.25) is 0 Å². The second-order valence-electron chi connectivity index (χ2n) is 5.36. The summed E-state index contributed by atoms with van der Waals surface area (Å²) in [4.78, 5) is 12.7. The lowest BCUT2D eigenvalue weighted by Crippen LogP contribution is -2.01. The first kappa shape index (κ1) is 14.0. The van der Waals surface area contributed by atoms with Crippen molar-refractivity contribution in [2.75, 3.05) is 0 Å².